The summed E-state index contributed by atoms with van der Waals surface area (Å²) in [7, 11) is 0. The first-order valence-electron chi connectivity index (χ1n) is 5.88. The van der Waals surface area contributed by atoms with Crippen LogP contribution in [0, 0.1) is 6.92 Å². The van der Waals surface area contributed by atoms with E-state index in [1.54, 1.807) is 12.1 Å². The summed E-state index contributed by atoms with van der Waals surface area (Å²) in [5.41, 5.74) is 2.90. The number of hydrogen-bond acceptors (Lipinski definition) is 2. The fourth-order valence-corrected chi connectivity index (χ4v) is 2.40. The molecule has 19 heavy (non-hydrogen) atoms. The van der Waals surface area contributed by atoms with E-state index in [9.17, 15) is 0 Å². The van der Waals surface area contributed by atoms with Crippen molar-refractivity contribution in [2.24, 2.45) is 0 Å². The van der Waals surface area contributed by atoms with Gasteiger partial charge in [-0.3, -0.25) is 0 Å². The van der Waals surface area contributed by atoms with Crippen molar-refractivity contribution in [3.05, 3.63) is 63.1 Å². The van der Waals surface area contributed by atoms with Gasteiger partial charge in [-0.25, -0.2) is 0 Å². The van der Waals surface area contributed by atoms with Gasteiger partial charge in [0.05, 0.1) is 16.7 Å². The average molecular weight is 297 g/mol. The second-order valence-electron chi connectivity index (χ2n) is 4.26. The van der Waals surface area contributed by atoms with E-state index in [0.717, 1.165) is 11.1 Å². The minimum absolute atomic E-state index is 0.0997. The van der Waals surface area contributed by atoms with Crippen molar-refractivity contribution >= 4 is 23.2 Å². The van der Waals surface area contributed by atoms with Gasteiger partial charge in [0.1, 0.15) is 6.61 Å². The lowest BCUT2D eigenvalue weighted by molar-refractivity contribution is 0.281. The zero-order valence-corrected chi connectivity index (χ0v) is 12.0. The van der Waals surface area contributed by atoms with Crippen LogP contribution in [0.2, 0.25) is 10.0 Å². The molecule has 0 saturated carbocycles. The largest absolute Gasteiger partial charge is 0.486 e. The van der Waals surface area contributed by atoms with E-state index in [2.05, 4.69) is 0 Å². The Bertz CT molecular complexity index is 559. The Morgan fingerprint density at radius 3 is 2.32 bits per heavy atom. The van der Waals surface area contributed by atoms with Crippen LogP contribution in [0.1, 0.15) is 16.7 Å². The first-order chi connectivity index (χ1) is 9.11. The Balaban J connectivity index is 2.18. The number of ether oxygens (including phenoxy) is 1. The molecule has 4 heteroatoms. The number of halogens is 2. The Kier molecular flexibility index (Phi) is 4.70. The lowest BCUT2D eigenvalue weighted by Crippen LogP contribution is -1.99. The van der Waals surface area contributed by atoms with Crippen LogP contribution in [0.15, 0.2) is 36.4 Å². The van der Waals surface area contributed by atoms with Crippen LogP contribution in [-0.2, 0) is 13.2 Å². The number of hydrogen-bond donors (Lipinski definition) is 1. The van der Waals surface area contributed by atoms with Crippen molar-refractivity contribution in [2.75, 3.05) is 0 Å². The van der Waals surface area contributed by atoms with Crippen molar-refractivity contribution < 1.29 is 9.84 Å². The summed E-state index contributed by atoms with van der Waals surface area (Å²) >= 11 is 12.2. The van der Waals surface area contributed by atoms with Crippen LogP contribution in [0.5, 0.6) is 5.75 Å². The second-order valence-corrected chi connectivity index (χ2v) is 5.08. The van der Waals surface area contributed by atoms with E-state index in [0.29, 0.717) is 28.0 Å². The molecule has 2 aromatic rings. The molecule has 0 saturated heterocycles. The fourth-order valence-electron chi connectivity index (χ4n) is 1.76. The predicted molar refractivity (Wildman–Crippen MR) is 77.9 cm³/mol. The highest BCUT2D eigenvalue weighted by molar-refractivity contribution is 6.37. The molecule has 0 atom stereocenters. The molecule has 1 N–H and O–H groups in total. The standard InChI is InChI=1S/C15H14Cl2O2/c1-10-4-2-3-5-12(10)9-19-15-13(16)6-11(8-18)7-14(15)17/h2-7,18H,8-9H2,1H3. The molecule has 0 aliphatic rings. The molecule has 2 aromatic carbocycles. The van der Waals surface area contributed by atoms with Crippen LogP contribution < -0.4 is 4.74 Å². The molecule has 0 aromatic heterocycles. The number of rotatable bonds is 4. The third-order valence-electron chi connectivity index (χ3n) is 2.87. The molecule has 2 rings (SSSR count). The molecule has 0 spiro atoms. The lowest BCUT2D eigenvalue weighted by Gasteiger charge is -2.12. The molecule has 0 heterocycles. The minimum atomic E-state index is -0.0997. The molecule has 0 bridgehead atoms. The molecule has 100 valence electrons. The van der Waals surface area contributed by atoms with Gasteiger partial charge in [0.2, 0.25) is 0 Å². The number of aryl methyl sites for hydroxylation is 1. The molecular weight excluding hydrogens is 283 g/mol. The van der Waals surface area contributed by atoms with Crippen molar-refractivity contribution in [1.82, 2.24) is 0 Å². The molecule has 2 nitrogen and oxygen atoms in total. The third kappa shape index (κ3) is 3.41. The Hall–Kier alpha value is -1.22. The maximum Gasteiger partial charge on any atom is 0.156 e. The van der Waals surface area contributed by atoms with E-state index in [1.165, 1.54) is 0 Å². The summed E-state index contributed by atoms with van der Waals surface area (Å²) in [5, 5.41) is 9.88. The Morgan fingerprint density at radius 2 is 1.74 bits per heavy atom. The molecule has 0 aliphatic carbocycles. The van der Waals surface area contributed by atoms with Crippen molar-refractivity contribution in [3.63, 3.8) is 0 Å². The molecule has 0 unspecified atom stereocenters. The molecular formula is C15H14Cl2O2. The van der Waals surface area contributed by atoms with Gasteiger partial charge >= 0.3 is 0 Å². The highest BCUT2D eigenvalue weighted by Crippen LogP contribution is 2.34. The summed E-state index contributed by atoms with van der Waals surface area (Å²) in [5.74, 6) is 0.448. The van der Waals surface area contributed by atoms with Crippen molar-refractivity contribution in [2.45, 2.75) is 20.1 Å². The van der Waals surface area contributed by atoms with Gasteiger partial charge < -0.3 is 9.84 Å². The quantitative estimate of drug-likeness (QED) is 0.908. The minimum Gasteiger partial charge on any atom is -0.486 e. The summed E-state index contributed by atoms with van der Waals surface area (Å²) in [4.78, 5) is 0. The zero-order chi connectivity index (χ0) is 13.8. The van der Waals surface area contributed by atoms with Gasteiger partial charge in [-0.15, -0.1) is 0 Å². The maximum atomic E-state index is 9.06. The molecule has 0 radical (unpaired) electrons. The van der Waals surface area contributed by atoms with Gasteiger partial charge in [-0.05, 0) is 35.7 Å². The van der Waals surface area contributed by atoms with Crippen LogP contribution in [0.4, 0.5) is 0 Å². The van der Waals surface area contributed by atoms with E-state index < -0.39 is 0 Å². The maximum absolute atomic E-state index is 9.06. The second kappa shape index (κ2) is 6.29. The summed E-state index contributed by atoms with van der Waals surface area (Å²) in [6, 6.07) is 11.3. The number of aliphatic hydroxyl groups excluding tert-OH is 1. The van der Waals surface area contributed by atoms with Gasteiger partial charge in [-0.1, -0.05) is 47.5 Å². The SMILES string of the molecule is Cc1ccccc1COc1c(Cl)cc(CO)cc1Cl. The summed E-state index contributed by atoms with van der Waals surface area (Å²) in [6.07, 6.45) is 0. The molecule has 0 aliphatic heterocycles. The van der Waals surface area contributed by atoms with E-state index >= 15 is 0 Å². The van der Waals surface area contributed by atoms with Crippen molar-refractivity contribution in [3.8, 4) is 5.75 Å². The highest BCUT2D eigenvalue weighted by Gasteiger charge is 2.10. The topological polar surface area (TPSA) is 29.5 Å². The van der Waals surface area contributed by atoms with Gasteiger partial charge in [0, 0.05) is 0 Å². The Labute approximate surface area is 122 Å². The van der Waals surface area contributed by atoms with E-state index in [1.807, 2.05) is 31.2 Å². The summed E-state index contributed by atoms with van der Waals surface area (Å²) in [6.45, 7) is 2.33. The highest BCUT2D eigenvalue weighted by atomic mass is 35.5. The van der Waals surface area contributed by atoms with Gasteiger partial charge in [-0.2, -0.15) is 0 Å². The lowest BCUT2D eigenvalue weighted by atomic mass is 10.1. The van der Waals surface area contributed by atoms with Crippen LogP contribution in [0.3, 0.4) is 0 Å². The number of aliphatic hydroxyl groups is 1. The first-order valence-corrected chi connectivity index (χ1v) is 6.63. The number of benzene rings is 2. The monoisotopic (exact) mass is 296 g/mol. The van der Waals surface area contributed by atoms with E-state index in [-0.39, 0.29) is 6.61 Å². The smallest absolute Gasteiger partial charge is 0.156 e. The van der Waals surface area contributed by atoms with Crippen LogP contribution in [-0.4, -0.2) is 5.11 Å². The first kappa shape index (κ1) is 14.2. The third-order valence-corrected chi connectivity index (χ3v) is 3.44. The fraction of sp³-hybridized carbons (Fsp3) is 0.200. The van der Waals surface area contributed by atoms with Crippen molar-refractivity contribution in [1.29, 1.82) is 0 Å². The Morgan fingerprint density at radius 1 is 1.11 bits per heavy atom. The molecule has 0 fully saturated rings. The predicted octanol–water partition coefficient (Wildman–Crippen LogP) is 4.37. The zero-order valence-electron chi connectivity index (χ0n) is 10.5. The summed E-state index contributed by atoms with van der Waals surface area (Å²) < 4.78 is 5.69. The van der Waals surface area contributed by atoms with Crippen LogP contribution in [0.25, 0.3) is 0 Å². The van der Waals surface area contributed by atoms with E-state index in [4.69, 9.17) is 33.0 Å². The molecule has 0 amide bonds. The average Bonchev–Trinajstić information content (AvgIpc) is 2.39. The van der Waals surface area contributed by atoms with Crippen LogP contribution >= 0.6 is 23.2 Å². The normalized spacial score (nSPS) is 10.5. The van der Waals surface area contributed by atoms with Gasteiger partial charge in [0.25, 0.3) is 0 Å². The van der Waals surface area contributed by atoms with Gasteiger partial charge in [0.15, 0.2) is 5.75 Å².